The number of ether oxygens (including phenoxy) is 1. The highest BCUT2D eigenvalue weighted by Gasteiger charge is 2.17. The number of methoxy groups -OCH3 is 1. The molecule has 0 fully saturated rings. The molecule has 0 aromatic heterocycles. The van der Waals surface area contributed by atoms with E-state index in [0.29, 0.717) is 25.8 Å². The zero-order valence-corrected chi connectivity index (χ0v) is 13.6. The maximum absolute atomic E-state index is 13.5. The van der Waals surface area contributed by atoms with Crippen molar-refractivity contribution in [2.45, 2.75) is 13.8 Å². The quantitative estimate of drug-likeness (QED) is 0.792. The highest BCUT2D eigenvalue weighted by molar-refractivity contribution is 5.96. The average Bonchev–Trinajstić information content (AvgIpc) is 2.48. The number of benzene rings is 1. The predicted octanol–water partition coefficient (Wildman–Crippen LogP) is 1.83. The molecule has 0 saturated carbocycles. The van der Waals surface area contributed by atoms with Gasteiger partial charge in [-0.05, 0) is 18.1 Å². The summed E-state index contributed by atoms with van der Waals surface area (Å²) in [6, 6.07) is 2.66. The summed E-state index contributed by atoms with van der Waals surface area (Å²) < 4.78 is 31.3. The van der Waals surface area contributed by atoms with Gasteiger partial charge in [-0.3, -0.25) is 9.59 Å². The number of nitrogens with zero attached hydrogens (tertiary/aromatic N) is 1. The normalized spacial score (nSPS) is 10.7. The van der Waals surface area contributed by atoms with Gasteiger partial charge >= 0.3 is 0 Å². The predicted molar refractivity (Wildman–Crippen MR) is 82.0 cm³/mol. The first-order valence-electron chi connectivity index (χ1n) is 7.35. The molecule has 5 nitrogen and oxygen atoms in total. The van der Waals surface area contributed by atoms with Crippen molar-refractivity contribution in [2.24, 2.45) is 5.92 Å². The molecule has 0 unspecified atom stereocenters. The van der Waals surface area contributed by atoms with Gasteiger partial charge in [0.1, 0.15) is 11.6 Å². The smallest absolute Gasteiger partial charge is 0.254 e. The molecule has 0 saturated heterocycles. The molecule has 2 amide bonds. The summed E-state index contributed by atoms with van der Waals surface area (Å²) in [7, 11) is 1.54. The summed E-state index contributed by atoms with van der Waals surface area (Å²) in [5, 5.41) is 2.36. The minimum Gasteiger partial charge on any atom is -0.383 e. The molecule has 1 N–H and O–H groups in total. The van der Waals surface area contributed by atoms with E-state index >= 15 is 0 Å². The highest BCUT2D eigenvalue weighted by Crippen LogP contribution is 2.09. The standard InChI is InChI=1S/C16H22F2N2O3/c1-11(2)10-20(6-7-23-3)15(21)9-19-16(22)13-5-4-12(17)8-14(13)18/h4-5,8,11H,6-7,9-10H2,1-3H3,(H,19,22). The second-order valence-electron chi connectivity index (χ2n) is 5.53. The van der Waals surface area contributed by atoms with Gasteiger partial charge in [-0.25, -0.2) is 8.78 Å². The number of halogens is 2. The molecule has 1 aromatic carbocycles. The molecule has 0 bridgehead atoms. The molecule has 0 atom stereocenters. The molecule has 0 radical (unpaired) electrons. The number of amides is 2. The van der Waals surface area contributed by atoms with Crippen molar-refractivity contribution >= 4 is 11.8 Å². The number of carbonyl (C=O) groups excluding carboxylic acids is 2. The molecule has 0 heterocycles. The molecular formula is C16H22F2N2O3. The second kappa shape index (κ2) is 9.19. The van der Waals surface area contributed by atoms with Gasteiger partial charge in [0.05, 0.1) is 18.7 Å². The van der Waals surface area contributed by atoms with Crippen LogP contribution in [-0.2, 0) is 9.53 Å². The summed E-state index contributed by atoms with van der Waals surface area (Å²) >= 11 is 0. The van der Waals surface area contributed by atoms with Gasteiger partial charge in [-0.2, -0.15) is 0 Å². The zero-order valence-electron chi connectivity index (χ0n) is 13.6. The Morgan fingerprint density at radius 1 is 1.30 bits per heavy atom. The third-order valence-electron chi connectivity index (χ3n) is 3.08. The van der Waals surface area contributed by atoms with Crippen LogP contribution >= 0.6 is 0 Å². The first-order valence-corrected chi connectivity index (χ1v) is 7.35. The Labute approximate surface area is 134 Å². The topological polar surface area (TPSA) is 58.6 Å². The van der Waals surface area contributed by atoms with Crippen LogP contribution in [0, 0.1) is 17.6 Å². The minimum atomic E-state index is -0.964. The molecule has 0 aliphatic carbocycles. The summed E-state index contributed by atoms with van der Waals surface area (Å²) in [4.78, 5) is 25.6. The fraction of sp³-hybridized carbons (Fsp3) is 0.500. The van der Waals surface area contributed by atoms with Crippen molar-refractivity contribution < 1.29 is 23.1 Å². The lowest BCUT2D eigenvalue weighted by Gasteiger charge is -2.24. The van der Waals surface area contributed by atoms with Gasteiger partial charge in [0.25, 0.3) is 5.91 Å². The Bertz CT molecular complexity index is 550. The molecule has 128 valence electrons. The van der Waals surface area contributed by atoms with Crippen molar-refractivity contribution in [1.82, 2.24) is 10.2 Å². The van der Waals surface area contributed by atoms with Gasteiger partial charge in [-0.1, -0.05) is 13.8 Å². The van der Waals surface area contributed by atoms with E-state index in [-0.39, 0.29) is 23.9 Å². The van der Waals surface area contributed by atoms with E-state index in [1.807, 2.05) is 13.8 Å². The lowest BCUT2D eigenvalue weighted by atomic mass is 10.2. The molecule has 0 aliphatic heterocycles. The Morgan fingerprint density at radius 2 is 2.00 bits per heavy atom. The minimum absolute atomic E-state index is 0.258. The lowest BCUT2D eigenvalue weighted by Crippen LogP contribution is -2.43. The van der Waals surface area contributed by atoms with E-state index in [2.05, 4.69) is 5.32 Å². The van der Waals surface area contributed by atoms with Crippen molar-refractivity contribution in [2.75, 3.05) is 33.4 Å². The van der Waals surface area contributed by atoms with Crippen LogP contribution in [0.2, 0.25) is 0 Å². The van der Waals surface area contributed by atoms with Crippen molar-refractivity contribution in [3.8, 4) is 0 Å². The summed E-state index contributed by atoms with van der Waals surface area (Å²) in [5.41, 5.74) is -0.300. The molecule has 1 rings (SSSR count). The molecular weight excluding hydrogens is 306 g/mol. The molecule has 1 aromatic rings. The fourth-order valence-corrected chi connectivity index (χ4v) is 2.00. The van der Waals surface area contributed by atoms with Gasteiger partial charge in [0, 0.05) is 26.3 Å². The summed E-state index contributed by atoms with van der Waals surface area (Å²) in [6.07, 6.45) is 0. The maximum atomic E-state index is 13.5. The third-order valence-corrected chi connectivity index (χ3v) is 3.08. The van der Waals surface area contributed by atoms with Crippen LogP contribution in [0.25, 0.3) is 0 Å². The SMILES string of the molecule is COCCN(CC(C)C)C(=O)CNC(=O)c1ccc(F)cc1F. The van der Waals surface area contributed by atoms with E-state index in [0.717, 1.165) is 12.1 Å². The summed E-state index contributed by atoms with van der Waals surface area (Å²) in [6.45, 7) is 5.02. The average molecular weight is 328 g/mol. The second-order valence-corrected chi connectivity index (χ2v) is 5.53. The van der Waals surface area contributed by atoms with Crippen molar-refractivity contribution in [1.29, 1.82) is 0 Å². The Kier molecular flexibility index (Phi) is 7.61. The lowest BCUT2D eigenvalue weighted by molar-refractivity contribution is -0.131. The zero-order chi connectivity index (χ0) is 17.4. The third kappa shape index (κ3) is 6.32. The summed E-state index contributed by atoms with van der Waals surface area (Å²) in [5.74, 6) is -2.51. The first kappa shape index (κ1) is 19.0. The molecule has 0 spiro atoms. The van der Waals surface area contributed by atoms with Crippen LogP contribution in [0.1, 0.15) is 24.2 Å². The number of hydrogen-bond donors (Lipinski definition) is 1. The Hall–Kier alpha value is -2.02. The number of hydrogen-bond acceptors (Lipinski definition) is 3. The van der Waals surface area contributed by atoms with Crippen LogP contribution in [0.4, 0.5) is 8.78 Å². The van der Waals surface area contributed by atoms with Crippen LogP contribution in [0.15, 0.2) is 18.2 Å². The van der Waals surface area contributed by atoms with Crippen LogP contribution < -0.4 is 5.32 Å². The maximum Gasteiger partial charge on any atom is 0.254 e. The molecule has 23 heavy (non-hydrogen) atoms. The molecule has 0 aliphatic rings. The Morgan fingerprint density at radius 3 is 2.57 bits per heavy atom. The van der Waals surface area contributed by atoms with E-state index in [4.69, 9.17) is 4.74 Å². The monoisotopic (exact) mass is 328 g/mol. The Balaban J connectivity index is 2.62. The van der Waals surface area contributed by atoms with Crippen molar-refractivity contribution in [3.05, 3.63) is 35.4 Å². The number of nitrogens with one attached hydrogen (secondary N) is 1. The van der Waals surface area contributed by atoms with Gasteiger partial charge < -0.3 is 15.0 Å². The van der Waals surface area contributed by atoms with Gasteiger partial charge in [-0.15, -0.1) is 0 Å². The number of carbonyl (C=O) groups is 2. The highest BCUT2D eigenvalue weighted by atomic mass is 19.1. The van der Waals surface area contributed by atoms with E-state index in [9.17, 15) is 18.4 Å². The fourth-order valence-electron chi connectivity index (χ4n) is 2.00. The molecule has 7 heteroatoms. The van der Waals surface area contributed by atoms with E-state index in [1.54, 1.807) is 4.90 Å². The van der Waals surface area contributed by atoms with Crippen molar-refractivity contribution in [3.63, 3.8) is 0 Å². The largest absolute Gasteiger partial charge is 0.383 e. The number of rotatable bonds is 8. The van der Waals surface area contributed by atoms with Gasteiger partial charge in [0.15, 0.2) is 0 Å². The van der Waals surface area contributed by atoms with Crippen LogP contribution in [0.5, 0.6) is 0 Å². The van der Waals surface area contributed by atoms with Crippen LogP contribution in [0.3, 0.4) is 0 Å². The van der Waals surface area contributed by atoms with Crippen LogP contribution in [-0.4, -0.2) is 50.1 Å². The van der Waals surface area contributed by atoms with E-state index in [1.165, 1.54) is 7.11 Å². The van der Waals surface area contributed by atoms with E-state index < -0.39 is 17.5 Å². The van der Waals surface area contributed by atoms with Gasteiger partial charge in [0.2, 0.25) is 5.91 Å². The first-order chi connectivity index (χ1) is 10.8.